The van der Waals surface area contributed by atoms with Crippen molar-refractivity contribution < 1.29 is 0 Å². The Morgan fingerprint density at radius 3 is 1.16 bits per heavy atom. The molecule has 0 N–H and O–H groups in total. The van der Waals surface area contributed by atoms with Crippen molar-refractivity contribution in [3.63, 3.8) is 0 Å². The van der Waals surface area contributed by atoms with E-state index in [9.17, 15) is 0 Å². The molecule has 14 rings (SSSR count). The summed E-state index contributed by atoms with van der Waals surface area (Å²) in [5, 5.41) is 12.9. The molecule has 0 aliphatic rings. The normalized spacial score (nSPS) is 12.0. The van der Waals surface area contributed by atoms with Gasteiger partial charge in [-0.25, -0.2) is 0 Å². The molecule has 0 unspecified atom stereocenters. The van der Waals surface area contributed by atoms with E-state index in [1.165, 1.54) is 97.3 Å². The van der Waals surface area contributed by atoms with Crippen LogP contribution in [0.15, 0.2) is 273 Å². The summed E-state index contributed by atoms with van der Waals surface area (Å²) in [6.45, 7) is 0. The van der Waals surface area contributed by atoms with Gasteiger partial charge in [-0.2, -0.15) is 0 Å². The molecule has 0 aliphatic carbocycles. The molecule has 11 aromatic carbocycles. The van der Waals surface area contributed by atoms with Gasteiger partial charge < -0.3 is 13.7 Å². The Bertz CT molecular complexity index is 4180. The highest BCUT2D eigenvalue weighted by atomic mass is 28.3. The molecule has 3 aromatic heterocycles. The van der Waals surface area contributed by atoms with E-state index in [1.807, 2.05) is 0 Å². The molecule has 0 saturated heterocycles. The van der Waals surface area contributed by atoms with Crippen molar-refractivity contribution in [2.24, 2.45) is 0 Å². The van der Waals surface area contributed by atoms with Gasteiger partial charge in [0.05, 0.1) is 33.1 Å². The maximum Gasteiger partial charge on any atom is 0.179 e. The van der Waals surface area contributed by atoms with Gasteiger partial charge >= 0.3 is 0 Å². The Morgan fingerprint density at radius 1 is 0.200 bits per heavy atom. The first kappa shape index (κ1) is 40.1. The number of aromatic nitrogens is 3. The molecule has 0 fully saturated rings. The minimum Gasteiger partial charge on any atom is -0.309 e. The maximum absolute atomic E-state index is 2.78. The Kier molecular flexibility index (Phi) is 9.23. The fourth-order valence-electron chi connectivity index (χ4n) is 11.8. The molecule has 0 amide bonds. The van der Waals surface area contributed by atoms with Crippen molar-refractivity contribution in [2.45, 2.75) is 0 Å². The molecule has 70 heavy (non-hydrogen) atoms. The third kappa shape index (κ3) is 6.07. The zero-order chi connectivity index (χ0) is 46.2. The van der Waals surface area contributed by atoms with Gasteiger partial charge in [0.2, 0.25) is 0 Å². The highest BCUT2D eigenvalue weighted by molar-refractivity contribution is 7.19. The third-order valence-electron chi connectivity index (χ3n) is 14.8. The van der Waals surface area contributed by atoms with Crippen molar-refractivity contribution in [1.29, 1.82) is 0 Å². The quantitative estimate of drug-likeness (QED) is 0.107. The Labute approximate surface area is 407 Å². The van der Waals surface area contributed by atoms with Gasteiger partial charge in [0.25, 0.3) is 0 Å². The number of para-hydroxylation sites is 4. The molecule has 0 bridgehead atoms. The summed E-state index contributed by atoms with van der Waals surface area (Å²) in [5.41, 5.74) is 13.0. The van der Waals surface area contributed by atoms with Crippen LogP contribution in [0.25, 0.3) is 93.6 Å². The fraction of sp³-hybridized carbons (Fsp3) is 0. The third-order valence-corrected chi connectivity index (χ3v) is 19.5. The second-order valence-corrected chi connectivity index (χ2v) is 22.3. The fourth-order valence-corrected chi connectivity index (χ4v) is 16.5. The largest absolute Gasteiger partial charge is 0.309 e. The predicted molar refractivity (Wildman–Crippen MR) is 299 cm³/mol. The van der Waals surface area contributed by atoms with E-state index >= 15 is 0 Å². The average molecular weight is 908 g/mol. The molecular formula is C66H45N3Si. The van der Waals surface area contributed by atoms with Crippen LogP contribution < -0.4 is 20.7 Å². The van der Waals surface area contributed by atoms with Crippen LogP contribution in [0.4, 0.5) is 0 Å². The summed E-state index contributed by atoms with van der Waals surface area (Å²) in [4.78, 5) is 0. The van der Waals surface area contributed by atoms with Crippen molar-refractivity contribution >= 4 is 94.2 Å². The SMILES string of the molecule is c1ccc(-n2c3ccccc3c3ccc(-c4ccc5c(c4)c4ccccc4n5-c4ccc5c6ccccc6n(-c6cccc([Si](c7ccccc7)(c7ccccc7)c7ccccc7)c6)c5c4)cc32)cc1. The van der Waals surface area contributed by atoms with Gasteiger partial charge in [0, 0.05) is 49.4 Å². The zero-order valence-electron chi connectivity index (χ0n) is 38.3. The van der Waals surface area contributed by atoms with Crippen molar-refractivity contribution in [3.05, 3.63) is 273 Å². The lowest BCUT2D eigenvalue weighted by atomic mass is 10.0. The molecule has 4 heteroatoms. The van der Waals surface area contributed by atoms with Crippen LogP contribution in [0.3, 0.4) is 0 Å². The molecule has 0 aliphatic heterocycles. The highest BCUT2D eigenvalue weighted by Crippen LogP contribution is 2.40. The Morgan fingerprint density at radius 2 is 0.571 bits per heavy atom. The van der Waals surface area contributed by atoms with E-state index in [-0.39, 0.29) is 0 Å². The smallest absolute Gasteiger partial charge is 0.179 e. The summed E-state index contributed by atoms with van der Waals surface area (Å²) in [6.07, 6.45) is 0. The zero-order valence-corrected chi connectivity index (χ0v) is 39.3. The molecular weight excluding hydrogens is 863 g/mol. The van der Waals surface area contributed by atoms with E-state index < -0.39 is 8.07 Å². The molecule has 3 nitrogen and oxygen atoms in total. The Hall–Kier alpha value is -8.96. The molecule has 14 aromatic rings. The topological polar surface area (TPSA) is 14.8 Å². The molecule has 0 radical (unpaired) electrons. The van der Waals surface area contributed by atoms with Gasteiger partial charge in [-0.15, -0.1) is 0 Å². The minimum atomic E-state index is -2.78. The molecule has 0 saturated carbocycles. The van der Waals surface area contributed by atoms with E-state index in [2.05, 4.69) is 287 Å². The van der Waals surface area contributed by atoms with Crippen LogP contribution in [0.2, 0.25) is 0 Å². The number of hydrogen-bond acceptors (Lipinski definition) is 0. The number of hydrogen-bond donors (Lipinski definition) is 0. The monoisotopic (exact) mass is 907 g/mol. The van der Waals surface area contributed by atoms with E-state index in [4.69, 9.17) is 0 Å². The van der Waals surface area contributed by atoms with Gasteiger partial charge in [-0.1, -0.05) is 200 Å². The van der Waals surface area contributed by atoms with Crippen molar-refractivity contribution in [3.8, 4) is 28.2 Å². The van der Waals surface area contributed by atoms with Gasteiger partial charge in [0.15, 0.2) is 8.07 Å². The van der Waals surface area contributed by atoms with Gasteiger partial charge in [-0.05, 0) is 105 Å². The standard InChI is InChI=1S/C66H45N3Si/c1-5-20-48(21-6-1)67-61-33-16-13-30-55(61)58-39-36-47(43-65(58)67)46-37-41-64-60(42-46)57-32-15-18-35-63(57)68(64)50-38-40-59-56-31-14-17-34-62(56)69(66(59)45-50)49-22-19-29-54(44-49)70(51-23-7-2-8-24-51,52-25-9-3-10-26-52)53-27-11-4-12-28-53/h1-45H. The van der Waals surface area contributed by atoms with Crippen LogP contribution >= 0.6 is 0 Å². The second kappa shape index (κ2) is 16.1. The van der Waals surface area contributed by atoms with Crippen LogP contribution in [0.1, 0.15) is 0 Å². The maximum atomic E-state index is 2.49. The molecule has 3 heterocycles. The number of benzene rings is 11. The minimum absolute atomic E-state index is 1.13. The van der Waals surface area contributed by atoms with Gasteiger partial charge in [0.1, 0.15) is 0 Å². The molecule has 0 atom stereocenters. The van der Waals surface area contributed by atoms with Crippen LogP contribution in [0, 0.1) is 0 Å². The molecule has 0 spiro atoms. The lowest BCUT2D eigenvalue weighted by Crippen LogP contribution is -2.74. The first-order valence-electron chi connectivity index (χ1n) is 24.2. The number of fused-ring (bicyclic) bond motifs is 9. The van der Waals surface area contributed by atoms with E-state index in [1.54, 1.807) is 0 Å². The number of nitrogens with zero attached hydrogens (tertiary/aromatic N) is 3. The Balaban J connectivity index is 0.955. The van der Waals surface area contributed by atoms with Crippen LogP contribution in [-0.4, -0.2) is 21.8 Å². The van der Waals surface area contributed by atoms with Crippen LogP contribution in [-0.2, 0) is 0 Å². The lowest BCUT2D eigenvalue weighted by molar-refractivity contribution is 1.16. The summed E-state index contributed by atoms with van der Waals surface area (Å²) in [5.74, 6) is 0. The summed E-state index contributed by atoms with van der Waals surface area (Å²) in [7, 11) is -2.78. The average Bonchev–Trinajstić information content (AvgIpc) is 4.07. The van der Waals surface area contributed by atoms with Crippen molar-refractivity contribution in [2.75, 3.05) is 0 Å². The second-order valence-electron chi connectivity index (χ2n) is 18.5. The summed E-state index contributed by atoms with van der Waals surface area (Å²) < 4.78 is 7.36. The molecule has 328 valence electrons. The first-order valence-corrected chi connectivity index (χ1v) is 26.2. The predicted octanol–water partition coefficient (Wildman–Crippen LogP) is 14.0. The van der Waals surface area contributed by atoms with Crippen LogP contribution in [0.5, 0.6) is 0 Å². The summed E-state index contributed by atoms with van der Waals surface area (Å²) >= 11 is 0. The lowest BCUT2D eigenvalue weighted by Gasteiger charge is -2.34. The highest BCUT2D eigenvalue weighted by Gasteiger charge is 2.41. The number of rotatable bonds is 8. The first-order chi connectivity index (χ1) is 34.7. The van der Waals surface area contributed by atoms with E-state index in [0.717, 1.165) is 17.1 Å². The summed E-state index contributed by atoms with van der Waals surface area (Å²) in [6, 6.07) is 101. The van der Waals surface area contributed by atoms with Crippen molar-refractivity contribution in [1.82, 2.24) is 13.7 Å². The van der Waals surface area contributed by atoms with E-state index in [0.29, 0.717) is 0 Å². The van der Waals surface area contributed by atoms with Gasteiger partial charge in [-0.3, -0.25) is 0 Å².